The third-order valence-electron chi connectivity index (χ3n) is 2.94. The van der Waals surface area contributed by atoms with Crippen LogP contribution in [0.25, 0.3) is 11.1 Å². The zero-order valence-electron chi connectivity index (χ0n) is 11.0. The Morgan fingerprint density at radius 2 is 2.25 bits per heavy atom. The lowest BCUT2D eigenvalue weighted by molar-refractivity contribution is 0.0950. The molecule has 2 aromatic heterocycles. The van der Waals surface area contributed by atoms with Crippen LogP contribution in [-0.2, 0) is 6.54 Å². The fourth-order valence-electron chi connectivity index (χ4n) is 1.98. The number of carbonyl (C=O) groups excluding carboxylic acids is 1. The van der Waals surface area contributed by atoms with Gasteiger partial charge in [-0.2, -0.15) is 0 Å². The number of pyridine rings is 1. The third kappa shape index (κ3) is 2.51. The number of rotatable bonds is 3. The Bertz CT molecular complexity index is 750. The van der Waals surface area contributed by atoms with Gasteiger partial charge in [0.2, 0.25) is 0 Å². The van der Waals surface area contributed by atoms with E-state index >= 15 is 0 Å². The van der Waals surface area contributed by atoms with Gasteiger partial charge in [0.1, 0.15) is 5.52 Å². The Morgan fingerprint density at radius 1 is 1.35 bits per heavy atom. The minimum Gasteiger partial charge on any atom is -0.441 e. The Hall–Kier alpha value is -2.69. The number of oxazole rings is 1. The van der Waals surface area contributed by atoms with E-state index in [0.717, 1.165) is 16.7 Å². The second-order valence-electron chi connectivity index (χ2n) is 4.46. The number of aromatic nitrogens is 2. The minimum atomic E-state index is -0.146. The van der Waals surface area contributed by atoms with Crippen molar-refractivity contribution in [2.24, 2.45) is 0 Å². The van der Waals surface area contributed by atoms with E-state index < -0.39 is 0 Å². The fourth-order valence-corrected chi connectivity index (χ4v) is 1.98. The monoisotopic (exact) mass is 267 g/mol. The summed E-state index contributed by atoms with van der Waals surface area (Å²) in [4.78, 5) is 20.1. The summed E-state index contributed by atoms with van der Waals surface area (Å²) in [5, 5.41) is 2.85. The van der Waals surface area contributed by atoms with Crippen molar-refractivity contribution in [2.75, 3.05) is 0 Å². The SMILES string of the molecule is Cc1nc2ccc(CNC(=O)c3cccnc3)cc2o1. The van der Waals surface area contributed by atoms with Gasteiger partial charge in [-0.15, -0.1) is 0 Å². The molecule has 0 saturated carbocycles. The number of hydrogen-bond donors (Lipinski definition) is 1. The molecule has 0 fully saturated rings. The van der Waals surface area contributed by atoms with Crippen LogP contribution in [0, 0.1) is 6.92 Å². The molecule has 5 nitrogen and oxygen atoms in total. The fraction of sp³-hybridized carbons (Fsp3) is 0.133. The van der Waals surface area contributed by atoms with Gasteiger partial charge in [-0.1, -0.05) is 6.07 Å². The molecule has 0 unspecified atom stereocenters. The summed E-state index contributed by atoms with van der Waals surface area (Å²) in [5.74, 6) is 0.489. The van der Waals surface area contributed by atoms with E-state index in [1.54, 1.807) is 24.5 Å². The molecule has 0 saturated heterocycles. The van der Waals surface area contributed by atoms with Crippen molar-refractivity contribution in [1.29, 1.82) is 0 Å². The molecule has 1 amide bonds. The van der Waals surface area contributed by atoms with Crippen molar-refractivity contribution in [3.8, 4) is 0 Å². The molecule has 0 aliphatic heterocycles. The number of hydrogen-bond acceptors (Lipinski definition) is 4. The maximum Gasteiger partial charge on any atom is 0.253 e. The smallest absolute Gasteiger partial charge is 0.253 e. The number of fused-ring (bicyclic) bond motifs is 1. The van der Waals surface area contributed by atoms with Gasteiger partial charge < -0.3 is 9.73 Å². The molecular weight excluding hydrogens is 254 g/mol. The Kier molecular flexibility index (Phi) is 3.16. The lowest BCUT2D eigenvalue weighted by Gasteiger charge is -2.04. The van der Waals surface area contributed by atoms with E-state index in [0.29, 0.717) is 18.0 Å². The highest BCUT2D eigenvalue weighted by Crippen LogP contribution is 2.16. The summed E-state index contributed by atoms with van der Waals surface area (Å²) in [6.07, 6.45) is 3.18. The van der Waals surface area contributed by atoms with Gasteiger partial charge in [0.05, 0.1) is 5.56 Å². The number of amides is 1. The number of nitrogens with zero attached hydrogens (tertiary/aromatic N) is 2. The van der Waals surface area contributed by atoms with Crippen molar-refractivity contribution >= 4 is 17.0 Å². The average molecular weight is 267 g/mol. The van der Waals surface area contributed by atoms with Crippen LogP contribution in [0.4, 0.5) is 0 Å². The van der Waals surface area contributed by atoms with Crippen LogP contribution < -0.4 is 5.32 Å². The molecule has 0 radical (unpaired) electrons. The van der Waals surface area contributed by atoms with Crippen molar-refractivity contribution in [3.05, 3.63) is 59.7 Å². The summed E-state index contributed by atoms with van der Waals surface area (Å²) in [6, 6.07) is 9.16. The summed E-state index contributed by atoms with van der Waals surface area (Å²) >= 11 is 0. The van der Waals surface area contributed by atoms with Gasteiger partial charge in [-0.05, 0) is 29.8 Å². The Balaban J connectivity index is 1.72. The highest BCUT2D eigenvalue weighted by molar-refractivity contribution is 5.93. The van der Waals surface area contributed by atoms with Crippen molar-refractivity contribution < 1.29 is 9.21 Å². The number of nitrogens with one attached hydrogen (secondary N) is 1. The van der Waals surface area contributed by atoms with Gasteiger partial charge in [0.25, 0.3) is 5.91 Å². The summed E-state index contributed by atoms with van der Waals surface area (Å²) in [7, 11) is 0. The van der Waals surface area contributed by atoms with Crippen molar-refractivity contribution in [3.63, 3.8) is 0 Å². The largest absolute Gasteiger partial charge is 0.441 e. The number of benzene rings is 1. The first-order chi connectivity index (χ1) is 9.72. The van der Waals surface area contributed by atoms with Gasteiger partial charge in [0, 0.05) is 25.9 Å². The van der Waals surface area contributed by atoms with E-state index in [1.165, 1.54) is 0 Å². The summed E-state index contributed by atoms with van der Waals surface area (Å²) < 4.78 is 5.47. The molecule has 2 heterocycles. The minimum absolute atomic E-state index is 0.146. The highest BCUT2D eigenvalue weighted by Gasteiger charge is 2.06. The molecule has 0 spiro atoms. The lowest BCUT2D eigenvalue weighted by Crippen LogP contribution is -2.22. The molecule has 3 rings (SSSR count). The first-order valence-electron chi connectivity index (χ1n) is 6.27. The van der Waals surface area contributed by atoms with Gasteiger partial charge >= 0.3 is 0 Å². The predicted octanol–water partition coefficient (Wildman–Crippen LogP) is 2.46. The van der Waals surface area contributed by atoms with E-state index in [-0.39, 0.29) is 5.91 Å². The maximum atomic E-state index is 11.9. The van der Waals surface area contributed by atoms with Crippen LogP contribution >= 0.6 is 0 Å². The average Bonchev–Trinajstić information content (AvgIpc) is 2.85. The second kappa shape index (κ2) is 5.13. The molecule has 0 atom stereocenters. The quantitative estimate of drug-likeness (QED) is 0.791. The molecular formula is C15H13N3O2. The van der Waals surface area contributed by atoms with Crippen LogP contribution in [0.15, 0.2) is 47.1 Å². The van der Waals surface area contributed by atoms with Gasteiger partial charge in [0.15, 0.2) is 11.5 Å². The van der Waals surface area contributed by atoms with Gasteiger partial charge in [-0.3, -0.25) is 9.78 Å². The van der Waals surface area contributed by atoms with E-state index in [1.807, 2.05) is 25.1 Å². The first-order valence-corrected chi connectivity index (χ1v) is 6.27. The van der Waals surface area contributed by atoms with Crippen LogP contribution in [0.5, 0.6) is 0 Å². The van der Waals surface area contributed by atoms with Gasteiger partial charge in [-0.25, -0.2) is 4.98 Å². The molecule has 3 aromatic rings. The topological polar surface area (TPSA) is 68.0 Å². The molecule has 0 aliphatic rings. The molecule has 20 heavy (non-hydrogen) atoms. The van der Waals surface area contributed by atoms with Crippen molar-refractivity contribution in [1.82, 2.24) is 15.3 Å². The molecule has 1 aromatic carbocycles. The maximum absolute atomic E-state index is 11.9. The lowest BCUT2D eigenvalue weighted by atomic mass is 10.2. The molecule has 5 heteroatoms. The normalized spacial score (nSPS) is 10.7. The first kappa shape index (κ1) is 12.3. The number of carbonyl (C=O) groups is 1. The van der Waals surface area contributed by atoms with E-state index in [2.05, 4.69) is 15.3 Å². The van der Waals surface area contributed by atoms with Crippen LogP contribution in [-0.4, -0.2) is 15.9 Å². The van der Waals surface area contributed by atoms with Crippen LogP contribution in [0.1, 0.15) is 21.8 Å². The summed E-state index contributed by atoms with van der Waals surface area (Å²) in [5.41, 5.74) is 3.07. The van der Waals surface area contributed by atoms with E-state index in [4.69, 9.17) is 4.42 Å². The molecule has 1 N–H and O–H groups in total. The molecule has 0 bridgehead atoms. The zero-order valence-corrected chi connectivity index (χ0v) is 11.0. The zero-order chi connectivity index (χ0) is 13.9. The van der Waals surface area contributed by atoms with Crippen LogP contribution in [0.3, 0.4) is 0 Å². The predicted molar refractivity (Wildman–Crippen MR) is 74.2 cm³/mol. The molecule has 100 valence electrons. The highest BCUT2D eigenvalue weighted by atomic mass is 16.3. The second-order valence-corrected chi connectivity index (χ2v) is 4.46. The van der Waals surface area contributed by atoms with Crippen molar-refractivity contribution in [2.45, 2.75) is 13.5 Å². The Labute approximate surface area is 115 Å². The summed E-state index contributed by atoms with van der Waals surface area (Å²) in [6.45, 7) is 2.24. The van der Waals surface area contributed by atoms with Crippen LogP contribution in [0.2, 0.25) is 0 Å². The third-order valence-corrected chi connectivity index (χ3v) is 2.94. The molecule has 0 aliphatic carbocycles. The van der Waals surface area contributed by atoms with E-state index in [9.17, 15) is 4.79 Å². The number of aryl methyl sites for hydroxylation is 1. The standard InChI is InChI=1S/C15H13N3O2/c1-10-18-13-5-4-11(7-14(13)20-10)8-17-15(19)12-3-2-6-16-9-12/h2-7,9H,8H2,1H3,(H,17,19). The Morgan fingerprint density at radius 3 is 3.05 bits per heavy atom.